The Hall–Kier alpha value is -3.48. The minimum Gasteiger partial charge on any atom is -0.496 e. The van der Waals surface area contributed by atoms with Gasteiger partial charge in [0, 0.05) is 17.5 Å². The van der Waals surface area contributed by atoms with Crippen molar-refractivity contribution in [2.24, 2.45) is 5.10 Å². The smallest absolute Gasteiger partial charge is 0.292 e. The molecule has 0 spiro atoms. The summed E-state index contributed by atoms with van der Waals surface area (Å²) in [4.78, 5) is 25.3. The number of hydrogen-bond donors (Lipinski definition) is 1. The highest BCUT2D eigenvalue weighted by Gasteiger charge is 2.16. The first-order valence-corrected chi connectivity index (χ1v) is 9.04. The van der Waals surface area contributed by atoms with E-state index in [1.54, 1.807) is 38.3 Å². The lowest BCUT2D eigenvalue weighted by molar-refractivity contribution is 0.0949. The minimum absolute atomic E-state index is 0.167. The molecule has 0 bridgehead atoms. The van der Waals surface area contributed by atoms with Crippen LogP contribution in [0, 0.1) is 0 Å². The zero-order valence-electron chi connectivity index (χ0n) is 16.1. The largest absolute Gasteiger partial charge is 0.496 e. The van der Waals surface area contributed by atoms with Gasteiger partial charge in [0.15, 0.2) is 5.69 Å². The average Bonchev–Trinajstić information content (AvgIpc) is 2.73. The van der Waals surface area contributed by atoms with Crippen molar-refractivity contribution in [1.29, 1.82) is 0 Å². The molecule has 1 amide bonds. The van der Waals surface area contributed by atoms with Gasteiger partial charge in [0.25, 0.3) is 11.5 Å². The Bertz CT molecular complexity index is 1100. The number of rotatable bonds is 6. The van der Waals surface area contributed by atoms with E-state index in [1.165, 1.54) is 4.68 Å². The van der Waals surface area contributed by atoms with Crippen molar-refractivity contribution in [3.63, 3.8) is 0 Å². The standard InChI is InChI=1S/C21H22N4O3/c1-4-13-25-21(27)17-11-6-5-10-16(17)19(24-25)20(26)23-22-14(2)15-9-7-8-12-18(15)28-3/h5-12H,4,13H2,1-3H3,(H,23,26)/b22-14-. The van der Waals surface area contributed by atoms with Crippen molar-refractivity contribution in [1.82, 2.24) is 15.2 Å². The highest BCUT2D eigenvalue weighted by Crippen LogP contribution is 2.18. The van der Waals surface area contributed by atoms with E-state index in [0.29, 0.717) is 28.8 Å². The van der Waals surface area contributed by atoms with Crippen LogP contribution in [0.5, 0.6) is 5.75 Å². The van der Waals surface area contributed by atoms with Crippen LogP contribution >= 0.6 is 0 Å². The second-order valence-corrected chi connectivity index (χ2v) is 6.26. The van der Waals surface area contributed by atoms with Crippen LogP contribution in [0.3, 0.4) is 0 Å². The molecule has 0 atom stereocenters. The summed E-state index contributed by atoms with van der Waals surface area (Å²) < 4.78 is 6.65. The summed E-state index contributed by atoms with van der Waals surface area (Å²) >= 11 is 0. The van der Waals surface area contributed by atoms with E-state index in [2.05, 4.69) is 15.6 Å². The second-order valence-electron chi connectivity index (χ2n) is 6.26. The number of aromatic nitrogens is 2. The van der Waals surface area contributed by atoms with Crippen LogP contribution < -0.4 is 15.7 Å². The number of amides is 1. The molecule has 0 radical (unpaired) electrons. The molecule has 3 aromatic rings. The van der Waals surface area contributed by atoms with Gasteiger partial charge in [-0.25, -0.2) is 10.1 Å². The first-order valence-electron chi connectivity index (χ1n) is 9.04. The normalized spacial score (nSPS) is 11.5. The van der Waals surface area contributed by atoms with E-state index in [0.717, 1.165) is 12.0 Å². The summed E-state index contributed by atoms with van der Waals surface area (Å²) in [6.45, 7) is 4.17. The van der Waals surface area contributed by atoms with Gasteiger partial charge < -0.3 is 4.74 Å². The van der Waals surface area contributed by atoms with Gasteiger partial charge >= 0.3 is 0 Å². The summed E-state index contributed by atoms with van der Waals surface area (Å²) in [6.07, 6.45) is 0.734. The molecule has 3 rings (SSSR count). The Kier molecular flexibility index (Phi) is 5.84. The molecule has 0 saturated carbocycles. The predicted molar refractivity (Wildman–Crippen MR) is 109 cm³/mol. The number of hydrogen-bond acceptors (Lipinski definition) is 5. The summed E-state index contributed by atoms with van der Waals surface area (Å²) in [5.41, 5.74) is 3.88. The first-order chi connectivity index (χ1) is 13.6. The molecular weight excluding hydrogens is 356 g/mol. The molecule has 1 aromatic heterocycles. The topological polar surface area (TPSA) is 85.6 Å². The van der Waals surface area contributed by atoms with Gasteiger partial charge in [-0.1, -0.05) is 37.3 Å². The third kappa shape index (κ3) is 3.78. The number of methoxy groups -OCH3 is 1. The molecule has 1 N–H and O–H groups in total. The average molecular weight is 378 g/mol. The van der Waals surface area contributed by atoms with Crippen molar-refractivity contribution >= 4 is 22.4 Å². The number of benzene rings is 2. The molecule has 28 heavy (non-hydrogen) atoms. The van der Waals surface area contributed by atoms with Gasteiger partial charge in [-0.05, 0) is 31.5 Å². The SMILES string of the molecule is CCCn1nc(C(=O)N/N=C(/C)c2ccccc2OC)c2ccccc2c1=O. The number of para-hydroxylation sites is 1. The van der Waals surface area contributed by atoms with Crippen molar-refractivity contribution in [2.45, 2.75) is 26.8 Å². The molecule has 0 aliphatic heterocycles. The number of fused-ring (bicyclic) bond motifs is 1. The highest BCUT2D eigenvalue weighted by molar-refractivity contribution is 6.06. The van der Waals surface area contributed by atoms with E-state index in [1.807, 2.05) is 31.2 Å². The molecule has 1 heterocycles. The zero-order valence-corrected chi connectivity index (χ0v) is 16.1. The van der Waals surface area contributed by atoms with Crippen LogP contribution in [0.1, 0.15) is 36.3 Å². The van der Waals surface area contributed by atoms with Gasteiger partial charge in [-0.2, -0.15) is 10.2 Å². The molecule has 0 aliphatic rings. The molecule has 0 fully saturated rings. The van der Waals surface area contributed by atoms with Gasteiger partial charge in [0.05, 0.1) is 18.2 Å². The maximum absolute atomic E-state index is 12.8. The van der Waals surface area contributed by atoms with Crippen molar-refractivity contribution in [3.8, 4) is 5.75 Å². The fourth-order valence-corrected chi connectivity index (χ4v) is 2.96. The number of nitrogens with one attached hydrogen (secondary N) is 1. The number of carbonyl (C=O) groups is 1. The molecule has 0 aliphatic carbocycles. The fourth-order valence-electron chi connectivity index (χ4n) is 2.96. The lowest BCUT2D eigenvalue weighted by Gasteiger charge is -2.10. The Labute approximate surface area is 162 Å². The lowest BCUT2D eigenvalue weighted by Crippen LogP contribution is -2.29. The Balaban J connectivity index is 1.97. The third-order valence-electron chi connectivity index (χ3n) is 4.34. The van der Waals surface area contributed by atoms with Gasteiger partial charge in [0.1, 0.15) is 5.75 Å². The molecule has 7 heteroatoms. The molecule has 2 aromatic carbocycles. The number of hydrazone groups is 1. The minimum atomic E-state index is -0.477. The van der Waals surface area contributed by atoms with Crippen LogP contribution in [0.25, 0.3) is 10.8 Å². The lowest BCUT2D eigenvalue weighted by atomic mass is 10.1. The van der Waals surface area contributed by atoms with Gasteiger partial charge in [0.2, 0.25) is 0 Å². The maximum atomic E-state index is 12.8. The van der Waals surface area contributed by atoms with E-state index in [4.69, 9.17) is 4.74 Å². The molecular formula is C21H22N4O3. The number of ether oxygens (including phenoxy) is 1. The summed E-state index contributed by atoms with van der Waals surface area (Å²) in [5, 5.41) is 9.43. The summed E-state index contributed by atoms with van der Waals surface area (Å²) in [6, 6.07) is 14.4. The van der Waals surface area contributed by atoms with Crippen LogP contribution in [-0.2, 0) is 6.54 Å². The van der Waals surface area contributed by atoms with E-state index in [9.17, 15) is 9.59 Å². The van der Waals surface area contributed by atoms with Crippen molar-refractivity contribution in [3.05, 3.63) is 70.1 Å². The second kappa shape index (κ2) is 8.47. The fraction of sp³-hybridized carbons (Fsp3) is 0.238. The number of carbonyl (C=O) groups excluding carboxylic acids is 1. The van der Waals surface area contributed by atoms with Crippen LogP contribution in [0.15, 0.2) is 58.4 Å². The van der Waals surface area contributed by atoms with E-state index >= 15 is 0 Å². The Morgan fingerprint density at radius 2 is 1.82 bits per heavy atom. The van der Waals surface area contributed by atoms with Crippen LogP contribution in [-0.4, -0.2) is 28.5 Å². The first kappa shape index (κ1) is 19.3. The molecule has 0 saturated heterocycles. The van der Waals surface area contributed by atoms with Crippen molar-refractivity contribution < 1.29 is 9.53 Å². The zero-order chi connectivity index (χ0) is 20.1. The molecule has 144 valence electrons. The summed E-state index contributed by atoms with van der Waals surface area (Å²) in [7, 11) is 1.58. The van der Waals surface area contributed by atoms with Gasteiger partial charge in [-0.3, -0.25) is 9.59 Å². The van der Waals surface area contributed by atoms with Crippen LogP contribution in [0.2, 0.25) is 0 Å². The quantitative estimate of drug-likeness (QED) is 0.528. The molecule has 7 nitrogen and oxygen atoms in total. The van der Waals surface area contributed by atoms with E-state index in [-0.39, 0.29) is 11.3 Å². The highest BCUT2D eigenvalue weighted by atomic mass is 16.5. The monoisotopic (exact) mass is 378 g/mol. The number of nitrogens with zero attached hydrogens (tertiary/aromatic N) is 3. The Morgan fingerprint density at radius 3 is 2.54 bits per heavy atom. The Morgan fingerprint density at radius 1 is 1.14 bits per heavy atom. The van der Waals surface area contributed by atoms with Crippen molar-refractivity contribution in [2.75, 3.05) is 7.11 Å². The van der Waals surface area contributed by atoms with Gasteiger partial charge in [-0.15, -0.1) is 0 Å². The summed E-state index contributed by atoms with van der Waals surface area (Å²) in [5.74, 6) is 0.188. The van der Waals surface area contributed by atoms with Crippen LogP contribution in [0.4, 0.5) is 0 Å². The van der Waals surface area contributed by atoms with E-state index < -0.39 is 5.91 Å². The molecule has 0 unspecified atom stereocenters. The number of aryl methyl sites for hydroxylation is 1. The maximum Gasteiger partial charge on any atom is 0.292 e. The predicted octanol–water partition coefficient (Wildman–Crippen LogP) is 2.97. The third-order valence-corrected chi connectivity index (χ3v) is 4.34.